The first-order valence-corrected chi connectivity index (χ1v) is 7.82. The Morgan fingerprint density at radius 3 is 2.11 bits per heavy atom. The summed E-state index contributed by atoms with van der Waals surface area (Å²) in [5.74, 6) is 0. The van der Waals surface area contributed by atoms with Gasteiger partial charge in [-0.3, -0.25) is 4.90 Å². The van der Waals surface area contributed by atoms with Crippen LogP contribution in [0.2, 0.25) is 0 Å². The van der Waals surface area contributed by atoms with Crippen LogP contribution in [0.25, 0.3) is 0 Å². The van der Waals surface area contributed by atoms with Gasteiger partial charge in [0.25, 0.3) is 0 Å². The molecule has 4 nitrogen and oxygen atoms in total. The largest absolute Gasteiger partial charge is 0.335 e. The van der Waals surface area contributed by atoms with Crippen molar-refractivity contribution in [1.82, 2.24) is 15.1 Å². The zero-order valence-electron chi connectivity index (χ0n) is 12.9. The summed E-state index contributed by atoms with van der Waals surface area (Å²) in [7, 11) is 0. The minimum atomic E-state index is 0.149. The summed E-state index contributed by atoms with van der Waals surface area (Å²) in [4.78, 5) is 16.6. The minimum Gasteiger partial charge on any atom is -0.335 e. The minimum absolute atomic E-state index is 0.149. The molecule has 2 aliphatic rings. The van der Waals surface area contributed by atoms with Gasteiger partial charge >= 0.3 is 6.03 Å². The number of carbonyl (C=O) groups excluding carboxylic acids is 1. The maximum absolute atomic E-state index is 12.1. The van der Waals surface area contributed by atoms with Crippen molar-refractivity contribution in [2.45, 2.75) is 77.5 Å². The van der Waals surface area contributed by atoms with E-state index < -0.39 is 0 Å². The molecule has 1 saturated heterocycles. The highest BCUT2D eigenvalue weighted by Gasteiger charge is 2.37. The molecule has 1 heterocycles. The Hall–Kier alpha value is -0.770. The Balaban J connectivity index is 1.76. The van der Waals surface area contributed by atoms with E-state index in [-0.39, 0.29) is 6.03 Å². The number of carbonyl (C=O) groups is 1. The number of nitrogens with one attached hydrogen (secondary N) is 1. The first-order valence-electron chi connectivity index (χ1n) is 7.82. The average molecular weight is 267 g/mol. The van der Waals surface area contributed by atoms with Crippen LogP contribution in [0.5, 0.6) is 0 Å². The van der Waals surface area contributed by atoms with E-state index in [2.05, 4.69) is 37.9 Å². The van der Waals surface area contributed by atoms with Gasteiger partial charge < -0.3 is 10.2 Å². The molecule has 1 aliphatic heterocycles. The third-order valence-corrected chi connectivity index (χ3v) is 4.45. The topological polar surface area (TPSA) is 35.6 Å². The molecule has 0 spiro atoms. The van der Waals surface area contributed by atoms with Crippen LogP contribution < -0.4 is 5.32 Å². The SMILES string of the molecule is CC(C)N(C(C)C)C1CN(C(=O)NC2CCCC2)C1. The van der Waals surface area contributed by atoms with Gasteiger partial charge in [0, 0.05) is 37.3 Å². The molecule has 0 aromatic rings. The van der Waals surface area contributed by atoms with Crippen LogP contribution in [-0.4, -0.2) is 53.1 Å². The number of amides is 2. The van der Waals surface area contributed by atoms with Crippen LogP contribution in [0.3, 0.4) is 0 Å². The second-order valence-corrected chi connectivity index (χ2v) is 6.62. The van der Waals surface area contributed by atoms with Crippen molar-refractivity contribution >= 4 is 6.03 Å². The molecule has 4 heteroatoms. The molecule has 2 fully saturated rings. The molecule has 2 rings (SSSR count). The monoisotopic (exact) mass is 267 g/mol. The van der Waals surface area contributed by atoms with E-state index in [1.54, 1.807) is 0 Å². The summed E-state index contributed by atoms with van der Waals surface area (Å²) < 4.78 is 0. The van der Waals surface area contributed by atoms with Gasteiger partial charge in [-0.1, -0.05) is 12.8 Å². The standard InChI is InChI=1S/C15H29N3O/c1-11(2)18(12(3)4)14-9-17(10-14)15(19)16-13-7-5-6-8-13/h11-14H,5-10H2,1-4H3,(H,16,19). The highest BCUT2D eigenvalue weighted by Crippen LogP contribution is 2.22. The lowest BCUT2D eigenvalue weighted by Crippen LogP contribution is -2.65. The van der Waals surface area contributed by atoms with Crippen molar-refractivity contribution in [2.24, 2.45) is 0 Å². The molecule has 110 valence electrons. The van der Waals surface area contributed by atoms with Crippen molar-refractivity contribution in [3.8, 4) is 0 Å². The van der Waals surface area contributed by atoms with Crippen molar-refractivity contribution < 1.29 is 4.79 Å². The molecule has 1 aliphatic carbocycles. The molecule has 0 bridgehead atoms. The maximum atomic E-state index is 12.1. The van der Waals surface area contributed by atoms with Crippen LogP contribution in [0, 0.1) is 0 Å². The van der Waals surface area contributed by atoms with E-state index in [0.29, 0.717) is 24.2 Å². The molecule has 19 heavy (non-hydrogen) atoms. The van der Waals surface area contributed by atoms with Crippen LogP contribution in [0.1, 0.15) is 53.4 Å². The Morgan fingerprint density at radius 2 is 1.63 bits per heavy atom. The third kappa shape index (κ3) is 3.41. The second-order valence-electron chi connectivity index (χ2n) is 6.62. The molecule has 0 radical (unpaired) electrons. The fourth-order valence-electron chi connectivity index (χ4n) is 3.59. The molecule has 1 saturated carbocycles. The summed E-state index contributed by atoms with van der Waals surface area (Å²) in [5.41, 5.74) is 0. The number of nitrogens with zero attached hydrogens (tertiary/aromatic N) is 2. The first-order chi connectivity index (χ1) is 8.99. The van der Waals surface area contributed by atoms with E-state index in [1.807, 2.05) is 4.90 Å². The summed E-state index contributed by atoms with van der Waals surface area (Å²) in [5, 5.41) is 3.17. The predicted molar refractivity (Wildman–Crippen MR) is 78.3 cm³/mol. The normalized spacial score (nSPS) is 21.5. The quantitative estimate of drug-likeness (QED) is 0.849. The fourth-order valence-corrected chi connectivity index (χ4v) is 3.59. The molecule has 2 amide bonds. The molecule has 1 N–H and O–H groups in total. The van der Waals surface area contributed by atoms with E-state index in [4.69, 9.17) is 0 Å². The van der Waals surface area contributed by atoms with Crippen LogP contribution >= 0.6 is 0 Å². The van der Waals surface area contributed by atoms with Crippen molar-refractivity contribution in [3.05, 3.63) is 0 Å². The third-order valence-electron chi connectivity index (χ3n) is 4.45. The Kier molecular flexibility index (Phi) is 4.71. The molecule has 0 aromatic heterocycles. The summed E-state index contributed by atoms with van der Waals surface area (Å²) in [6, 6.07) is 2.21. The number of hydrogen-bond donors (Lipinski definition) is 1. The first kappa shape index (κ1) is 14.6. The van der Waals surface area contributed by atoms with E-state index in [1.165, 1.54) is 12.8 Å². The van der Waals surface area contributed by atoms with E-state index >= 15 is 0 Å². The van der Waals surface area contributed by atoms with Crippen molar-refractivity contribution in [1.29, 1.82) is 0 Å². The fraction of sp³-hybridized carbons (Fsp3) is 0.933. The highest BCUT2D eigenvalue weighted by atomic mass is 16.2. The zero-order valence-corrected chi connectivity index (χ0v) is 12.9. The van der Waals surface area contributed by atoms with Gasteiger partial charge in [-0.05, 0) is 40.5 Å². The molecule has 0 unspecified atom stereocenters. The predicted octanol–water partition coefficient (Wildman–Crippen LogP) is 2.44. The number of urea groups is 1. The van der Waals surface area contributed by atoms with Crippen molar-refractivity contribution in [2.75, 3.05) is 13.1 Å². The Morgan fingerprint density at radius 1 is 1.11 bits per heavy atom. The van der Waals surface area contributed by atoms with Crippen LogP contribution in [0.15, 0.2) is 0 Å². The van der Waals surface area contributed by atoms with Gasteiger partial charge in [0.1, 0.15) is 0 Å². The molecule has 0 aromatic carbocycles. The van der Waals surface area contributed by atoms with E-state index in [0.717, 1.165) is 25.9 Å². The molecular weight excluding hydrogens is 238 g/mol. The van der Waals surface area contributed by atoms with Gasteiger partial charge in [0.2, 0.25) is 0 Å². The van der Waals surface area contributed by atoms with Crippen LogP contribution in [0.4, 0.5) is 4.79 Å². The number of hydrogen-bond acceptors (Lipinski definition) is 2. The Labute approximate surface area is 117 Å². The van der Waals surface area contributed by atoms with Crippen molar-refractivity contribution in [3.63, 3.8) is 0 Å². The number of likely N-dealkylation sites (tertiary alicyclic amines) is 1. The Bertz CT molecular complexity index is 297. The smallest absolute Gasteiger partial charge is 0.317 e. The molecule has 0 atom stereocenters. The van der Waals surface area contributed by atoms with Gasteiger partial charge in [0.15, 0.2) is 0 Å². The van der Waals surface area contributed by atoms with Gasteiger partial charge in [0.05, 0.1) is 0 Å². The van der Waals surface area contributed by atoms with Gasteiger partial charge in [-0.25, -0.2) is 4.79 Å². The number of rotatable bonds is 4. The lowest BCUT2D eigenvalue weighted by molar-refractivity contribution is 0.0165. The highest BCUT2D eigenvalue weighted by molar-refractivity contribution is 5.75. The van der Waals surface area contributed by atoms with Gasteiger partial charge in [-0.2, -0.15) is 0 Å². The zero-order chi connectivity index (χ0) is 14.0. The lowest BCUT2D eigenvalue weighted by atomic mass is 10.0. The average Bonchev–Trinajstić information content (AvgIpc) is 2.73. The second kappa shape index (κ2) is 6.12. The lowest BCUT2D eigenvalue weighted by Gasteiger charge is -2.48. The molecular formula is C15H29N3O. The summed E-state index contributed by atoms with van der Waals surface area (Å²) >= 11 is 0. The van der Waals surface area contributed by atoms with Gasteiger partial charge in [-0.15, -0.1) is 0 Å². The van der Waals surface area contributed by atoms with E-state index in [9.17, 15) is 4.79 Å². The summed E-state index contributed by atoms with van der Waals surface area (Å²) in [6.07, 6.45) is 4.85. The maximum Gasteiger partial charge on any atom is 0.317 e. The summed E-state index contributed by atoms with van der Waals surface area (Å²) in [6.45, 7) is 10.7. The van der Waals surface area contributed by atoms with Crippen LogP contribution in [-0.2, 0) is 0 Å².